The lowest BCUT2D eigenvalue weighted by molar-refractivity contribution is -0.115. The molecule has 2 heterocycles. The summed E-state index contributed by atoms with van der Waals surface area (Å²) < 4.78 is 13.3. The zero-order chi connectivity index (χ0) is 16.5. The zero-order valence-corrected chi connectivity index (χ0v) is 15.1. The minimum atomic E-state index is -0.0765. The predicted molar refractivity (Wildman–Crippen MR) is 99.3 cm³/mol. The van der Waals surface area contributed by atoms with Gasteiger partial charge in [-0.3, -0.25) is 4.79 Å². The van der Waals surface area contributed by atoms with Gasteiger partial charge in [-0.15, -0.1) is 11.3 Å². The van der Waals surface area contributed by atoms with Gasteiger partial charge in [-0.05, 0) is 56.5 Å². The number of carbonyl (C=O) groups excluding carboxylic acids is 1. The Labute approximate surface area is 151 Å². The average Bonchev–Trinajstić information content (AvgIpc) is 3.07. The van der Waals surface area contributed by atoms with Gasteiger partial charge in [0.25, 0.3) is 0 Å². The summed E-state index contributed by atoms with van der Waals surface area (Å²) in [5.74, 6) is 1.14. The molecule has 6 heteroatoms. The first kappa shape index (κ1) is 15.5. The molecular weight excluding hydrogens is 390 g/mol. The molecule has 122 valence electrons. The van der Waals surface area contributed by atoms with Crippen molar-refractivity contribution in [3.8, 4) is 11.5 Å². The lowest BCUT2D eigenvalue weighted by atomic mass is 10.1. The predicted octanol–water partition coefficient (Wildman–Crippen LogP) is 4.62. The van der Waals surface area contributed by atoms with Crippen LogP contribution in [0.4, 0.5) is 5.69 Å². The van der Waals surface area contributed by atoms with Gasteiger partial charge in [-0.1, -0.05) is 12.1 Å². The topological polar surface area (TPSA) is 47.6 Å². The van der Waals surface area contributed by atoms with Gasteiger partial charge in [0, 0.05) is 4.70 Å². The second-order valence-corrected chi connectivity index (χ2v) is 7.23. The molecule has 0 radical (unpaired) electrons. The normalized spacial score (nSPS) is 13.0. The third-order valence-electron chi connectivity index (χ3n) is 3.85. The Morgan fingerprint density at radius 1 is 1.12 bits per heavy atom. The number of rotatable bonds is 3. The average molecular weight is 404 g/mol. The van der Waals surface area contributed by atoms with Gasteiger partial charge in [-0.25, -0.2) is 0 Å². The molecule has 0 spiro atoms. The molecule has 1 aliphatic heterocycles. The number of thiophene rings is 1. The van der Waals surface area contributed by atoms with Crippen LogP contribution in [0.15, 0.2) is 46.3 Å². The smallest absolute Gasteiger partial charge is 0.228 e. The highest BCUT2D eigenvalue weighted by Gasteiger charge is 2.20. The first-order valence-electron chi connectivity index (χ1n) is 7.55. The van der Waals surface area contributed by atoms with Crippen LogP contribution >= 0.6 is 27.3 Å². The minimum Gasteiger partial charge on any atom is -0.485 e. The van der Waals surface area contributed by atoms with E-state index in [1.807, 2.05) is 29.6 Å². The number of benzene rings is 2. The second kappa shape index (κ2) is 6.45. The summed E-state index contributed by atoms with van der Waals surface area (Å²) in [7, 11) is 0. The van der Waals surface area contributed by atoms with Crippen molar-refractivity contribution < 1.29 is 14.3 Å². The first-order valence-corrected chi connectivity index (χ1v) is 9.22. The summed E-state index contributed by atoms with van der Waals surface area (Å²) in [6.07, 6.45) is 0.319. The van der Waals surface area contributed by atoms with Crippen LogP contribution in [0.25, 0.3) is 10.1 Å². The fourth-order valence-corrected chi connectivity index (χ4v) is 4.04. The third kappa shape index (κ3) is 2.87. The second-order valence-electron chi connectivity index (χ2n) is 5.42. The van der Waals surface area contributed by atoms with Crippen molar-refractivity contribution in [2.45, 2.75) is 6.42 Å². The van der Waals surface area contributed by atoms with Crippen LogP contribution in [0.1, 0.15) is 5.56 Å². The van der Waals surface area contributed by atoms with E-state index in [1.54, 1.807) is 11.3 Å². The third-order valence-corrected chi connectivity index (χ3v) is 5.36. The van der Waals surface area contributed by atoms with E-state index in [-0.39, 0.29) is 5.91 Å². The summed E-state index contributed by atoms with van der Waals surface area (Å²) >= 11 is 5.12. The molecule has 0 unspecified atom stereocenters. The monoisotopic (exact) mass is 403 g/mol. The van der Waals surface area contributed by atoms with Crippen LogP contribution in [0.3, 0.4) is 0 Å². The van der Waals surface area contributed by atoms with Crippen LogP contribution in [-0.4, -0.2) is 19.1 Å². The van der Waals surface area contributed by atoms with Crippen LogP contribution < -0.4 is 14.8 Å². The number of halogens is 1. The minimum absolute atomic E-state index is 0.0765. The van der Waals surface area contributed by atoms with E-state index < -0.39 is 0 Å². The standard InChI is InChI=1S/C18H14BrNO3S/c19-13-4-5-14(18-17(13)22-7-8-23-18)20-16(21)10-11-2-1-3-15-12(11)6-9-24-15/h1-6,9H,7-8,10H2,(H,20,21). The van der Waals surface area contributed by atoms with Crippen molar-refractivity contribution in [1.82, 2.24) is 0 Å². The Morgan fingerprint density at radius 2 is 1.96 bits per heavy atom. The molecule has 0 saturated carbocycles. The van der Waals surface area contributed by atoms with E-state index in [4.69, 9.17) is 9.47 Å². The Kier molecular flexibility index (Phi) is 4.16. The first-order chi connectivity index (χ1) is 11.7. The van der Waals surface area contributed by atoms with Gasteiger partial charge in [0.05, 0.1) is 16.6 Å². The van der Waals surface area contributed by atoms with Crippen molar-refractivity contribution in [3.05, 3.63) is 51.8 Å². The fraction of sp³-hybridized carbons (Fsp3) is 0.167. The van der Waals surface area contributed by atoms with Gasteiger partial charge < -0.3 is 14.8 Å². The van der Waals surface area contributed by atoms with Crippen molar-refractivity contribution in [1.29, 1.82) is 0 Å². The molecule has 4 rings (SSSR count). The lowest BCUT2D eigenvalue weighted by Gasteiger charge is -2.22. The quantitative estimate of drug-likeness (QED) is 0.693. The number of ether oxygens (including phenoxy) is 2. The summed E-state index contributed by atoms with van der Waals surface area (Å²) in [6, 6.07) is 11.8. The lowest BCUT2D eigenvalue weighted by Crippen LogP contribution is -2.20. The Bertz CT molecular complexity index is 922. The molecule has 4 nitrogen and oxygen atoms in total. The molecule has 0 aliphatic carbocycles. The van der Waals surface area contributed by atoms with E-state index in [1.165, 1.54) is 4.70 Å². The van der Waals surface area contributed by atoms with E-state index in [0.717, 1.165) is 15.4 Å². The molecule has 2 aromatic carbocycles. The molecule has 1 amide bonds. The molecule has 24 heavy (non-hydrogen) atoms. The van der Waals surface area contributed by atoms with Crippen LogP contribution in [0.2, 0.25) is 0 Å². The number of fused-ring (bicyclic) bond motifs is 2. The molecule has 3 aromatic rings. The van der Waals surface area contributed by atoms with Crippen molar-refractivity contribution in [2.75, 3.05) is 18.5 Å². The molecule has 0 fully saturated rings. The molecule has 1 aliphatic rings. The van der Waals surface area contributed by atoms with Gasteiger partial charge in [0.1, 0.15) is 13.2 Å². The van der Waals surface area contributed by atoms with Crippen molar-refractivity contribution >= 4 is 48.9 Å². The highest BCUT2D eigenvalue weighted by atomic mass is 79.9. The highest BCUT2D eigenvalue weighted by molar-refractivity contribution is 9.10. The van der Waals surface area contributed by atoms with E-state index >= 15 is 0 Å². The highest BCUT2D eigenvalue weighted by Crippen LogP contribution is 2.43. The van der Waals surface area contributed by atoms with E-state index in [0.29, 0.717) is 36.8 Å². The maximum absolute atomic E-state index is 12.5. The number of hydrogen-bond acceptors (Lipinski definition) is 4. The van der Waals surface area contributed by atoms with Crippen LogP contribution in [-0.2, 0) is 11.2 Å². The molecule has 0 bridgehead atoms. The molecular formula is C18H14BrNO3S. The number of carbonyl (C=O) groups is 1. The Balaban J connectivity index is 1.58. The summed E-state index contributed by atoms with van der Waals surface area (Å²) in [4.78, 5) is 12.5. The largest absolute Gasteiger partial charge is 0.485 e. The number of nitrogens with one attached hydrogen (secondary N) is 1. The SMILES string of the molecule is O=C(Cc1cccc2sccc12)Nc1ccc(Br)c2c1OCCO2. The number of anilines is 1. The Hall–Kier alpha value is -2.05. The maximum Gasteiger partial charge on any atom is 0.228 e. The number of amides is 1. The van der Waals surface area contributed by atoms with Crippen LogP contribution in [0.5, 0.6) is 11.5 Å². The molecule has 1 aromatic heterocycles. The number of hydrogen-bond donors (Lipinski definition) is 1. The van der Waals surface area contributed by atoms with Gasteiger partial charge in [0.15, 0.2) is 11.5 Å². The summed E-state index contributed by atoms with van der Waals surface area (Å²) in [5, 5.41) is 6.12. The molecule has 0 atom stereocenters. The summed E-state index contributed by atoms with van der Waals surface area (Å²) in [6.45, 7) is 0.976. The van der Waals surface area contributed by atoms with E-state index in [2.05, 4.69) is 33.4 Å². The summed E-state index contributed by atoms with van der Waals surface area (Å²) in [5.41, 5.74) is 1.66. The van der Waals surface area contributed by atoms with Crippen LogP contribution in [0, 0.1) is 0 Å². The van der Waals surface area contributed by atoms with Gasteiger partial charge in [-0.2, -0.15) is 0 Å². The molecule has 1 N–H and O–H groups in total. The maximum atomic E-state index is 12.5. The van der Waals surface area contributed by atoms with Gasteiger partial charge in [0.2, 0.25) is 5.91 Å². The zero-order valence-electron chi connectivity index (χ0n) is 12.7. The van der Waals surface area contributed by atoms with Gasteiger partial charge >= 0.3 is 0 Å². The van der Waals surface area contributed by atoms with Crippen molar-refractivity contribution in [3.63, 3.8) is 0 Å². The van der Waals surface area contributed by atoms with Crippen molar-refractivity contribution in [2.24, 2.45) is 0 Å². The molecule has 0 saturated heterocycles. The van der Waals surface area contributed by atoms with E-state index in [9.17, 15) is 4.79 Å². The fourth-order valence-electron chi connectivity index (χ4n) is 2.78. The Morgan fingerprint density at radius 3 is 2.83 bits per heavy atom.